The average Bonchev–Trinajstić information content (AvgIpc) is 2.82. The summed E-state index contributed by atoms with van der Waals surface area (Å²) in [5, 5.41) is 5.24. The van der Waals surface area contributed by atoms with Crippen LogP contribution < -0.4 is 20.3 Å². The lowest BCUT2D eigenvalue weighted by atomic mass is 10.1. The van der Waals surface area contributed by atoms with Gasteiger partial charge in [0.2, 0.25) is 0 Å². The molecule has 31 heavy (non-hydrogen) atoms. The molecule has 3 aromatic carbocycles. The van der Waals surface area contributed by atoms with Crippen LogP contribution in [0.5, 0.6) is 11.5 Å². The lowest BCUT2D eigenvalue weighted by Crippen LogP contribution is -2.30. The highest BCUT2D eigenvalue weighted by molar-refractivity contribution is 6.43. The van der Waals surface area contributed by atoms with E-state index < -0.39 is 11.8 Å². The summed E-state index contributed by atoms with van der Waals surface area (Å²) in [5.74, 6) is -0.0698. The summed E-state index contributed by atoms with van der Waals surface area (Å²) >= 11 is 0. The fraction of sp³-hybridized carbons (Fsp3) is 0.200. The molecule has 0 aromatic heterocycles. The van der Waals surface area contributed by atoms with Crippen molar-refractivity contribution >= 4 is 28.9 Å². The Morgan fingerprint density at radius 3 is 1.74 bits per heavy atom. The molecule has 0 aliphatic carbocycles. The van der Waals surface area contributed by atoms with Gasteiger partial charge in [-0.15, -0.1) is 0 Å². The second kappa shape index (κ2) is 9.80. The van der Waals surface area contributed by atoms with Gasteiger partial charge in [0.1, 0.15) is 11.5 Å². The summed E-state index contributed by atoms with van der Waals surface area (Å²) in [5.41, 5.74) is 2.24. The second-order valence-corrected chi connectivity index (χ2v) is 7.44. The fourth-order valence-electron chi connectivity index (χ4n) is 3.51. The highest BCUT2D eigenvalue weighted by Crippen LogP contribution is 2.23. The van der Waals surface area contributed by atoms with Crippen LogP contribution in [0.2, 0.25) is 0 Å². The Morgan fingerprint density at radius 2 is 1.16 bits per heavy atom. The smallest absolute Gasteiger partial charge is 0.314 e. The third-order valence-corrected chi connectivity index (χ3v) is 5.14. The molecule has 0 atom stereocenters. The van der Waals surface area contributed by atoms with Gasteiger partial charge in [0.05, 0.1) is 0 Å². The molecule has 2 N–H and O–H groups in total. The van der Waals surface area contributed by atoms with Crippen molar-refractivity contribution in [3.63, 3.8) is 0 Å². The predicted molar refractivity (Wildman–Crippen MR) is 123 cm³/mol. The third-order valence-electron chi connectivity index (χ3n) is 5.14. The number of hydrogen-bond donors (Lipinski definition) is 2. The Morgan fingerprint density at radius 1 is 0.645 bits per heavy atom. The van der Waals surface area contributed by atoms with E-state index in [4.69, 9.17) is 4.74 Å². The molecule has 0 spiro atoms. The zero-order valence-electron chi connectivity index (χ0n) is 17.2. The van der Waals surface area contributed by atoms with Crippen LogP contribution in [0.1, 0.15) is 19.3 Å². The number of ether oxygens (including phenoxy) is 1. The predicted octanol–water partition coefficient (Wildman–Crippen LogP) is 5.05. The first-order valence-electron chi connectivity index (χ1n) is 10.5. The maximum atomic E-state index is 12.3. The van der Waals surface area contributed by atoms with Gasteiger partial charge in [0.25, 0.3) is 0 Å². The number of hydrogen-bond acceptors (Lipinski definition) is 4. The number of para-hydroxylation sites is 1. The number of amides is 2. The number of carbonyl (C=O) groups excluding carboxylic acids is 2. The van der Waals surface area contributed by atoms with Crippen LogP contribution in [-0.2, 0) is 9.59 Å². The van der Waals surface area contributed by atoms with Crippen LogP contribution in [0.25, 0.3) is 0 Å². The first-order chi connectivity index (χ1) is 15.2. The topological polar surface area (TPSA) is 70.7 Å². The van der Waals surface area contributed by atoms with Crippen LogP contribution in [0.4, 0.5) is 17.1 Å². The lowest BCUT2D eigenvalue weighted by Gasteiger charge is -2.28. The molecule has 158 valence electrons. The van der Waals surface area contributed by atoms with Gasteiger partial charge in [-0.25, -0.2) is 0 Å². The Hall–Kier alpha value is -3.80. The fourth-order valence-corrected chi connectivity index (χ4v) is 3.51. The third kappa shape index (κ3) is 5.63. The summed E-state index contributed by atoms with van der Waals surface area (Å²) in [6.07, 6.45) is 3.69. The molecule has 0 bridgehead atoms. The first-order valence-corrected chi connectivity index (χ1v) is 10.5. The number of carbonyl (C=O) groups is 2. The van der Waals surface area contributed by atoms with Crippen molar-refractivity contribution in [2.75, 3.05) is 28.6 Å². The summed E-state index contributed by atoms with van der Waals surface area (Å²) < 4.78 is 5.72. The summed E-state index contributed by atoms with van der Waals surface area (Å²) in [6.45, 7) is 2.12. The van der Waals surface area contributed by atoms with E-state index in [1.165, 1.54) is 19.3 Å². The van der Waals surface area contributed by atoms with Gasteiger partial charge in [-0.05, 0) is 79.9 Å². The van der Waals surface area contributed by atoms with E-state index in [1.807, 2.05) is 54.6 Å². The Labute approximate surface area is 181 Å². The largest absolute Gasteiger partial charge is 0.457 e. The lowest BCUT2D eigenvalue weighted by molar-refractivity contribution is -0.132. The minimum absolute atomic E-state index is 0.515. The molecule has 1 fully saturated rings. The van der Waals surface area contributed by atoms with Crippen molar-refractivity contribution in [3.05, 3.63) is 78.9 Å². The van der Waals surface area contributed by atoms with Gasteiger partial charge < -0.3 is 20.3 Å². The van der Waals surface area contributed by atoms with Gasteiger partial charge in [-0.2, -0.15) is 0 Å². The molecule has 0 radical (unpaired) electrons. The minimum Gasteiger partial charge on any atom is -0.457 e. The molecule has 2 amide bonds. The monoisotopic (exact) mass is 415 g/mol. The molecule has 4 rings (SSSR count). The molecule has 6 nitrogen and oxygen atoms in total. The SMILES string of the molecule is O=C(Nc1ccc(Oc2ccccc2)cc1)C(=O)Nc1ccc(N2CCCCC2)cc1. The Kier molecular flexibility index (Phi) is 6.47. The van der Waals surface area contributed by atoms with Crippen molar-refractivity contribution < 1.29 is 14.3 Å². The van der Waals surface area contributed by atoms with Crippen molar-refractivity contribution in [2.24, 2.45) is 0 Å². The zero-order valence-corrected chi connectivity index (χ0v) is 17.2. The Bertz CT molecular complexity index is 1010. The van der Waals surface area contributed by atoms with Crippen molar-refractivity contribution in [1.29, 1.82) is 0 Å². The summed E-state index contributed by atoms with van der Waals surface area (Å²) in [4.78, 5) is 26.8. The number of anilines is 3. The highest BCUT2D eigenvalue weighted by Gasteiger charge is 2.15. The maximum absolute atomic E-state index is 12.3. The van der Waals surface area contributed by atoms with Crippen molar-refractivity contribution in [2.45, 2.75) is 19.3 Å². The van der Waals surface area contributed by atoms with E-state index in [0.717, 1.165) is 24.5 Å². The molecule has 0 saturated carbocycles. The summed E-state index contributed by atoms with van der Waals surface area (Å²) in [6, 6.07) is 23.9. The maximum Gasteiger partial charge on any atom is 0.314 e. The van der Waals surface area contributed by atoms with Gasteiger partial charge in [0, 0.05) is 30.2 Å². The number of nitrogens with zero attached hydrogens (tertiary/aromatic N) is 1. The van der Waals surface area contributed by atoms with Crippen LogP contribution in [0.3, 0.4) is 0 Å². The number of piperidine rings is 1. The normalized spacial score (nSPS) is 13.4. The number of nitrogens with one attached hydrogen (secondary N) is 2. The van der Waals surface area contributed by atoms with E-state index in [1.54, 1.807) is 24.3 Å². The minimum atomic E-state index is -0.725. The highest BCUT2D eigenvalue weighted by atomic mass is 16.5. The van der Waals surface area contributed by atoms with Gasteiger partial charge in [0.15, 0.2) is 0 Å². The van der Waals surface area contributed by atoms with Crippen molar-refractivity contribution in [1.82, 2.24) is 0 Å². The molecule has 0 unspecified atom stereocenters. The van der Waals surface area contributed by atoms with Gasteiger partial charge in [-0.3, -0.25) is 9.59 Å². The molecule has 1 saturated heterocycles. The second-order valence-electron chi connectivity index (χ2n) is 7.44. The van der Waals surface area contributed by atoms with Crippen molar-refractivity contribution in [3.8, 4) is 11.5 Å². The van der Waals surface area contributed by atoms with Crippen LogP contribution in [0, 0.1) is 0 Å². The average molecular weight is 415 g/mol. The van der Waals surface area contributed by atoms with Crippen LogP contribution >= 0.6 is 0 Å². The van der Waals surface area contributed by atoms with E-state index in [-0.39, 0.29) is 0 Å². The Balaban J connectivity index is 1.29. The molecule has 1 aliphatic heterocycles. The quantitative estimate of drug-likeness (QED) is 0.573. The van der Waals surface area contributed by atoms with E-state index in [9.17, 15) is 9.59 Å². The molecule has 1 aliphatic rings. The van der Waals surface area contributed by atoms with Gasteiger partial charge >= 0.3 is 11.8 Å². The summed E-state index contributed by atoms with van der Waals surface area (Å²) in [7, 11) is 0. The molecular weight excluding hydrogens is 390 g/mol. The standard InChI is InChI=1S/C25H25N3O3/c29-24(26-19-9-13-21(14-10-19)28-17-5-2-6-18-28)25(30)27-20-11-15-23(16-12-20)31-22-7-3-1-4-8-22/h1,3-4,7-16H,2,5-6,17-18H2,(H,26,29)(H,27,30). The molecule has 1 heterocycles. The molecular formula is C25H25N3O3. The van der Waals surface area contributed by atoms with E-state index in [0.29, 0.717) is 17.1 Å². The van der Waals surface area contributed by atoms with Gasteiger partial charge in [-0.1, -0.05) is 18.2 Å². The number of benzene rings is 3. The van der Waals surface area contributed by atoms with Crippen LogP contribution in [-0.4, -0.2) is 24.9 Å². The van der Waals surface area contributed by atoms with E-state index in [2.05, 4.69) is 15.5 Å². The number of rotatable bonds is 5. The van der Waals surface area contributed by atoms with E-state index >= 15 is 0 Å². The molecule has 3 aromatic rings. The first kappa shape index (κ1) is 20.5. The van der Waals surface area contributed by atoms with Crippen LogP contribution in [0.15, 0.2) is 78.9 Å². The molecule has 6 heteroatoms. The zero-order chi connectivity index (χ0) is 21.5.